The van der Waals surface area contributed by atoms with Gasteiger partial charge in [-0.2, -0.15) is 0 Å². The number of benzene rings is 13. The minimum atomic E-state index is 1.21. The van der Waals surface area contributed by atoms with Crippen LogP contribution in [0.4, 0.5) is 11.4 Å². The highest BCUT2D eigenvalue weighted by Gasteiger charge is 2.27. The molecule has 13 aromatic carbocycles. The van der Waals surface area contributed by atoms with Crippen LogP contribution in [0.15, 0.2) is 231 Å². The molecular weight excluding hydrogens is 845 g/mol. The predicted molar refractivity (Wildman–Crippen MR) is 301 cm³/mol. The first-order chi connectivity index (χ1) is 34.6. The van der Waals surface area contributed by atoms with Crippen LogP contribution in [-0.2, 0) is 7.05 Å². The molecule has 0 amide bonds. The predicted octanol–water partition coefficient (Wildman–Crippen LogP) is 18.7. The van der Waals surface area contributed by atoms with Crippen molar-refractivity contribution in [3.05, 3.63) is 231 Å². The van der Waals surface area contributed by atoms with E-state index in [1.165, 1.54) is 153 Å². The van der Waals surface area contributed by atoms with Gasteiger partial charge in [0.1, 0.15) is 0 Å². The van der Waals surface area contributed by atoms with Crippen LogP contribution >= 0.6 is 0 Å². The van der Waals surface area contributed by atoms with E-state index in [4.69, 9.17) is 0 Å². The molecule has 0 fully saturated rings. The summed E-state index contributed by atoms with van der Waals surface area (Å²) in [6, 6.07) is 86.1. The molecule has 0 saturated carbocycles. The molecule has 0 bridgehead atoms. The van der Waals surface area contributed by atoms with Crippen molar-refractivity contribution in [1.29, 1.82) is 0 Å². The van der Waals surface area contributed by atoms with E-state index in [-0.39, 0.29) is 0 Å². The maximum Gasteiger partial charge on any atom is 0.0501 e. The zero-order chi connectivity index (χ0) is 46.2. The smallest absolute Gasteiger partial charge is 0.0501 e. The molecule has 2 nitrogen and oxygen atoms in total. The number of aromatic nitrogens is 1. The van der Waals surface area contributed by atoms with Crippen LogP contribution < -0.4 is 4.90 Å². The molecule has 0 N–H and O–H groups in total. The summed E-state index contributed by atoms with van der Waals surface area (Å²) in [4.78, 5) is 2.42. The van der Waals surface area contributed by atoms with Gasteiger partial charge in [-0.05, 0) is 140 Å². The zero-order valence-electron chi connectivity index (χ0n) is 38.8. The lowest BCUT2D eigenvalue weighted by Crippen LogP contribution is -2.15. The van der Waals surface area contributed by atoms with E-state index in [0.717, 1.165) is 0 Å². The summed E-state index contributed by atoms with van der Waals surface area (Å²) in [5.74, 6) is 0. The summed E-state index contributed by atoms with van der Waals surface area (Å²) in [5, 5.41) is 17.8. The van der Waals surface area contributed by atoms with Gasteiger partial charge in [0, 0.05) is 52.7 Å². The third-order valence-electron chi connectivity index (χ3n) is 15.7. The van der Waals surface area contributed by atoms with Crippen molar-refractivity contribution in [2.24, 2.45) is 7.05 Å². The van der Waals surface area contributed by atoms with E-state index in [2.05, 4.69) is 254 Å². The van der Waals surface area contributed by atoms with Crippen molar-refractivity contribution in [1.82, 2.24) is 4.57 Å². The number of aryl methyl sites for hydroxylation is 1. The van der Waals surface area contributed by atoms with Crippen molar-refractivity contribution in [2.75, 3.05) is 11.9 Å². The fourth-order valence-electron chi connectivity index (χ4n) is 12.6. The fourth-order valence-corrected chi connectivity index (χ4v) is 12.6. The highest BCUT2D eigenvalue weighted by Crippen LogP contribution is 2.53. The molecule has 0 aliphatic carbocycles. The number of anilines is 2. The molecule has 0 saturated heterocycles. The summed E-state index contributed by atoms with van der Waals surface area (Å²) in [6.07, 6.45) is 0. The number of hydrogen-bond acceptors (Lipinski definition) is 1. The number of hydrogen-bond donors (Lipinski definition) is 0. The normalized spacial score (nSPS) is 12.4. The summed E-state index contributed by atoms with van der Waals surface area (Å²) in [5.41, 5.74) is 17.5. The van der Waals surface area contributed by atoms with Gasteiger partial charge in [-0.25, -0.2) is 0 Å². The van der Waals surface area contributed by atoms with Crippen LogP contribution in [0.3, 0.4) is 0 Å². The molecule has 1 aromatic heterocycles. The van der Waals surface area contributed by atoms with E-state index in [9.17, 15) is 0 Å². The van der Waals surface area contributed by atoms with Crippen LogP contribution in [0.5, 0.6) is 0 Å². The SMILES string of the molecule is CN1c2cc(-c3c4ccccc4c(-c4ccccc4)c4ccccc34)ccc2-c2cc3c(c4cccc1c24)c1ccc(-c2c4ccccc4c(-c4ccc5ccccc5c4)c4ccccc24)cc1n3C. The monoisotopic (exact) mass is 888 g/mol. The van der Waals surface area contributed by atoms with Gasteiger partial charge in [-0.3, -0.25) is 0 Å². The molecule has 14 aromatic rings. The second kappa shape index (κ2) is 14.8. The zero-order valence-corrected chi connectivity index (χ0v) is 38.8. The van der Waals surface area contributed by atoms with Crippen LogP contribution in [0.1, 0.15) is 0 Å². The number of fused-ring (bicyclic) bond motifs is 11. The van der Waals surface area contributed by atoms with Crippen molar-refractivity contribution in [2.45, 2.75) is 0 Å². The van der Waals surface area contributed by atoms with Gasteiger partial charge in [0.15, 0.2) is 0 Å². The Morgan fingerprint density at radius 3 is 1.33 bits per heavy atom. The molecule has 2 heterocycles. The highest BCUT2D eigenvalue weighted by atomic mass is 15.1. The molecule has 1 aliphatic rings. The van der Waals surface area contributed by atoms with Crippen molar-refractivity contribution >= 4 is 97.8 Å². The molecule has 0 unspecified atom stereocenters. The third kappa shape index (κ3) is 5.44. The van der Waals surface area contributed by atoms with Gasteiger partial charge in [0.05, 0.1) is 5.52 Å². The van der Waals surface area contributed by atoms with Crippen molar-refractivity contribution in [3.8, 4) is 55.6 Å². The summed E-state index contributed by atoms with van der Waals surface area (Å²) in [6.45, 7) is 0. The quantitative estimate of drug-likeness (QED) is 0.160. The van der Waals surface area contributed by atoms with Crippen LogP contribution in [0, 0.1) is 0 Å². The number of nitrogens with zero attached hydrogens (tertiary/aromatic N) is 2. The summed E-state index contributed by atoms with van der Waals surface area (Å²) in [7, 11) is 4.50. The molecule has 1 aliphatic heterocycles. The van der Waals surface area contributed by atoms with E-state index < -0.39 is 0 Å². The summed E-state index contributed by atoms with van der Waals surface area (Å²) >= 11 is 0. The largest absolute Gasteiger partial charge is 0.344 e. The van der Waals surface area contributed by atoms with Crippen LogP contribution in [-0.4, -0.2) is 11.6 Å². The first-order valence-corrected chi connectivity index (χ1v) is 24.4. The Morgan fingerprint density at radius 1 is 0.257 bits per heavy atom. The maximum atomic E-state index is 2.47. The second-order valence-electron chi connectivity index (χ2n) is 19.2. The standard InChI is InChI=1S/C68H44N2/c1-69-59-30-16-29-57-67-56-36-34-46(66-54-27-14-12-25-52(54)64(53-26-13-15-28-55(53)66)44-32-31-41-17-6-7-20-43(41)37-44)39-61(56)70(2)62(67)40-58(68(57)59)47-35-33-45(38-60(47)69)65-50-23-10-8-21-48(50)63(42-18-4-3-5-19-42)49-22-9-11-24-51(49)65/h3-40H,1-2H3. The van der Waals surface area contributed by atoms with Gasteiger partial charge in [-0.1, -0.05) is 200 Å². The fraction of sp³-hybridized carbons (Fsp3) is 0.0294. The van der Waals surface area contributed by atoms with E-state index in [1.807, 2.05) is 0 Å². The molecule has 0 spiro atoms. The molecule has 326 valence electrons. The second-order valence-corrected chi connectivity index (χ2v) is 19.2. The van der Waals surface area contributed by atoms with Gasteiger partial charge < -0.3 is 9.47 Å². The highest BCUT2D eigenvalue weighted by molar-refractivity contribution is 6.29. The molecule has 2 heteroatoms. The van der Waals surface area contributed by atoms with Gasteiger partial charge in [0.25, 0.3) is 0 Å². The molecule has 0 atom stereocenters. The van der Waals surface area contributed by atoms with Crippen molar-refractivity contribution in [3.63, 3.8) is 0 Å². The first-order valence-electron chi connectivity index (χ1n) is 24.4. The van der Waals surface area contributed by atoms with E-state index >= 15 is 0 Å². The topological polar surface area (TPSA) is 8.17 Å². The lowest BCUT2D eigenvalue weighted by Gasteiger charge is -2.31. The molecule has 0 radical (unpaired) electrons. The van der Waals surface area contributed by atoms with E-state index in [1.54, 1.807) is 0 Å². The lowest BCUT2D eigenvalue weighted by molar-refractivity contribution is 1.01. The Kier molecular flexibility index (Phi) is 8.24. The Labute approximate surface area is 405 Å². The maximum absolute atomic E-state index is 2.47. The third-order valence-corrected chi connectivity index (χ3v) is 15.7. The Bertz CT molecular complexity index is 4440. The Hall–Kier alpha value is -8.98. The van der Waals surface area contributed by atoms with Crippen LogP contribution in [0.25, 0.3) is 142 Å². The minimum Gasteiger partial charge on any atom is -0.344 e. The lowest BCUT2D eigenvalue weighted by atomic mass is 9.84. The Balaban J connectivity index is 0.925. The molecular formula is C68H44N2. The summed E-state index contributed by atoms with van der Waals surface area (Å²) < 4.78 is 2.43. The molecule has 15 rings (SSSR count). The van der Waals surface area contributed by atoms with Gasteiger partial charge in [0.2, 0.25) is 0 Å². The minimum absolute atomic E-state index is 1.21. The average molecular weight is 889 g/mol. The number of rotatable bonds is 4. The average Bonchev–Trinajstić information content (AvgIpc) is 3.70. The van der Waals surface area contributed by atoms with Crippen LogP contribution in [0.2, 0.25) is 0 Å². The van der Waals surface area contributed by atoms with Gasteiger partial charge >= 0.3 is 0 Å². The van der Waals surface area contributed by atoms with Gasteiger partial charge in [-0.15, -0.1) is 0 Å². The Morgan fingerprint density at radius 2 is 0.729 bits per heavy atom. The molecule has 70 heavy (non-hydrogen) atoms. The van der Waals surface area contributed by atoms with Crippen molar-refractivity contribution < 1.29 is 0 Å². The first kappa shape index (κ1) is 39.1. The van der Waals surface area contributed by atoms with E-state index in [0.29, 0.717) is 0 Å².